The van der Waals surface area contributed by atoms with Gasteiger partial charge in [0.15, 0.2) is 12.4 Å². The molecule has 28 heavy (non-hydrogen) atoms. The molecule has 1 unspecified atom stereocenters. The van der Waals surface area contributed by atoms with Crippen molar-refractivity contribution in [3.63, 3.8) is 0 Å². The Morgan fingerprint density at radius 3 is 2.21 bits per heavy atom. The molecule has 3 N–H and O–H groups in total. The number of pyridine rings is 1. The smallest absolute Gasteiger partial charge is 0.255 e. The molecule has 0 saturated carbocycles. The highest BCUT2D eigenvalue weighted by Crippen LogP contribution is 2.15. The third kappa shape index (κ3) is 5.82. The van der Waals surface area contributed by atoms with Gasteiger partial charge in [-0.3, -0.25) is 9.59 Å². The zero-order valence-corrected chi connectivity index (χ0v) is 18.3. The Hall–Kier alpha value is -2.35. The predicted octanol–water partition coefficient (Wildman–Crippen LogP) is 0.612. The van der Waals surface area contributed by atoms with Gasteiger partial charge in [-0.1, -0.05) is 46.3 Å². The molecule has 0 fully saturated rings. The largest absolute Gasteiger partial charge is 1.00 e. The van der Waals surface area contributed by atoms with Gasteiger partial charge in [0.05, 0.1) is 0 Å². The maximum absolute atomic E-state index is 12.7. The van der Waals surface area contributed by atoms with Crippen molar-refractivity contribution in [2.24, 2.45) is 0 Å². The molecule has 0 radical (unpaired) electrons. The average Bonchev–Trinajstić information content (AvgIpc) is 2.68. The lowest BCUT2D eigenvalue weighted by Crippen LogP contribution is -3.00. The summed E-state index contributed by atoms with van der Waals surface area (Å²) < 4.78 is 2.73. The number of anilines is 1. The molecule has 0 aliphatic rings. The normalized spacial score (nSPS) is 10.8. The van der Waals surface area contributed by atoms with Crippen molar-refractivity contribution in [1.29, 1.82) is 0 Å². The summed E-state index contributed by atoms with van der Waals surface area (Å²) >= 11 is 3.37. The van der Waals surface area contributed by atoms with Crippen molar-refractivity contribution in [3.05, 3.63) is 94.7 Å². The summed E-state index contributed by atoms with van der Waals surface area (Å²) in [5.41, 5.74) is 1.87. The number of halogens is 2. The van der Waals surface area contributed by atoms with E-state index in [0.29, 0.717) is 16.8 Å². The summed E-state index contributed by atoms with van der Waals surface area (Å²) in [7, 11) is 0. The third-order valence-electron chi connectivity index (χ3n) is 4.07. The van der Waals surface area contributed by atoms with E-state index in [4.69, 9.17) is 0 Å². The maximum atomic E-state index is 12.7. The number of aromatic nitrogens is 1. The zero-order valence-electron chi connectivity index (χ0n) is 15.1. The second-order valence-corrected chi connectivity index (χ2v) is 6.82. The summed E-state index contributed by atoms with van der Waals surface area (Å²) in [4.78, 5) is 25.0. The monoisotopic (exact) mass is 506 g/mol. The van der Waals surface area contributed by atoms with Gasteiger partial charge in [0.2, 0.25) is 11.8 Å². The highest BCUT2D eigenvalue weighted by Gasteiger charge is 2.23. The second-order valence-electron chi connectivity index (χ2n) is 5.91. The first-order valence-corrected chi connectivity index (χ1v) is 9.01. The van der Waals surface area contributed by atoms with Gasteiger partial charge in [-0.2, -0.15) is 4.57 Å². The molecule has 1 atom stereocenters. The van der Waals surface area contributed by atoms with E-state index in [0.717, 1.165) is 4.47 Å². The minimum Gasteiger partial charge on any atom is -1.00 e. The van der Waals surface area contributed by atoms with Gasteiger partial charge in [-0.05, 0) is 30.3 Å². The van der Waals surface area contributed by atoms with E-state index < -0.39 is 0 Å². The van der Waals surface area contributed by atoms with Crippen LogP contribution in [0, 0.1) is 0 Å². The maximum Gasteiger partial charge on any atom is 0.255 e. The van der Waals surface area contributed by atoms with Gasteiger partial charge < -0.3 is 27.8 Å². The van der Waals surface area contributed by atoms with Gasteiger partial charge in [0.25, 0.3) is 5.91 Å². The molecule has 0 saturated heterocycles. The van der Waals surface area contributed by atoms with Gasteiger partial charge in [0, 0.05) is 28.6 Å². The lowest BCUT2D eigenvalue weighted by molar-refractivity contribution is -0.704. The first-order valence-electron chi connectivity index (χ1n) is 8.21. The molecule has 3 aromatic rings. The predicted molar refractivity (Wildman–Crippen MR) is 108 cm³/mol. The number of nitrogens with one attached hydrogen (secondary N) is 1. The number of benzene rings is 2. The van der Waals surface area contributed by atoms with Crippen LogP contribution in [0.4, 0.5) is 5.69 Å². The van der Waals surface area contributed by atoms with Crippen molar-refractivity contribution < 1.29 is 36.6 Å². The molecule has 146 valence electrons. The van der Waals surface area contributed by atoms with Crippen molar-refractivity contribution in [2.45, 2.75) is 13.0 Å². The number of Topliss-reactive ketones (excluding diaryl/α,β-unsaturated/α-hetero) is 1. The zero-order chi connectivity index (χ0) is 18.5. The number of hydrogen-bond acceptors (Lipinski definition) is 2. The number of nitrogens with zero attached hydrogens (tertiary/aromatic N) is 1. The third-order valence-corrected chi connectivity index (χ3v) is 4.60. The summed E-state index contributed by atoms with van der Waals surface area (Å²) in [5.74, 6) is -0.177. The highest BCUT2D eigenvalue weighted by atomic mass is 79.9. The molecule has 1 heterocycles. The number of hydrogen-bond donors (Lipinski definition) is 1. The molecule has 0 spiro atoms. The molecular weight excluding hydrogens is 488 g/mol. The van der Waals surface area contributed by atoms with E-state index in [2.05, 4.69) is 21.2 Å². The fourth-order valence-electron chi connectivity index (χ4n) is 2.59. The quantitative estimate of drug-likeness (QED) is 0.405. The Morgan fingerprint density at radius 1 is 0.929 bits per heavy atom. The standard InChI is InChI=1S/C21H17BrN2O2.BrH.H2O/c1-15(20(25)16-9-11-18(22)12-10-16)24-13-5-8-19(14-24)23-21(26)17-6-3-2-4-7-17;;/h2-15H,1H3;1H;1H2. The second kappa shape index (κ2) is 10.8. The Morgan fingerprint density at radius 2 is 1.57 bits per heavy atom. The molecular formula is C21H20Br2N2O3. The van der Waals surface area contributed by atoms with Crippen LogP contribution < -0.4 is 26.9 Å². The van der Waals surface area contributed by atoms with Crippen molar-refractivity contribution >= 4 is 33.3 Å². The molecule has 5 nitrogen and oxygen atoms in total. The van der Waals surface area contributed by atoms with E-state index in [1.54, 1.807) is 41.1 Å². The number of carbonyl (C=O) groups is 2. The topological polar surface area (TPSA) is 81.5 Å². The number of rotatable bonds is 5. The molecule has 7 heteroatoms. The number of carbonyl (C=O) groups excluding carboxylic acids is 2. The number of ketones is 1. The van der Waals surface area contributed by atoms with Gasteiger partial charge in [-0.25, -0.2) is 0 Å². The SMILES string of the molecule is CC(C(=O)c1ccc(Br)cc1)[n+]1cccc(NC(=O)c2ccccc2)c1.O.[Br-]. The summed E-state index contributed by atoms with van der Waals surface area (Å²) in [6.07, 6.45) is 3.59. The molecule has 2 aromatic carbocycles. The van der Waals surface area contributed by atoms with Crippen molar-refractivity contribution in [2.75, 3.05) is 5.32 Å². The van der Waals surface area contributed by atoms with Crippen molar-refractivity contribution in [3.8, 4) is 0 Å². The minimum atomic E-state index is -0.384. The fraction of sp³-hybridized carbons (Fsp3) is 0.0952. The lowest BCUT2D eigenvalue weighted by Gasteiger charge is -2.09. The van der Waals surface area contributed by atoms with Crippen LogP contribution in [0.25, 0.3) is 0 Å². The lowest BCUT2D eigenvalue weighted by atomic mass is 10.1. The summed E-state index contributed by atoms with van der Waals surface area (Å²) in [5, 5.41) is 2.86. The summed E-state index contributed by atoms with van der Waals surface area (Å²) in [6, 6.07) is 19.5. The molecule has 1 amide bonds. The van der Waals surface area contributed by atoms with Gasteiger partial charge in [0.1, 0.15) is 5.69 Å². The van der Waals surface area contributed by atoms with E-state index in [-0.39, 0.29) is 40.2 Å². The first-order chi connectivity index (χ1) is 12.5. The fourth-order valence-corrected chi connectivity index (χ4v) is 2.86. The van der Waals surface area contributed by atoms with E-state index in [9.17, 15) is 9.59 Å². The van der Waals surface area contributed by atoms with Crippen LogP contribution in [-0.2, 0) is 0 Å². The van der Waals surface area contributed by atoms with E-state index >= 15 is 0 Å². The molecule has 0 aliphatic carbocycles. The Balaban J connectivity index is 0.00000196. The van der Waals surface area contributed by atoms with E-state index in [1.165, 1.54) is 0 Å². The van der Waals surface area contributed by atoms with Crippen LogP contribution in [0.1, 0.15) is 33.7 Å². The van der Waals surface area contributed by atoms with Gasteiger partial charge >= 0.3 is 0 Å². The minimum absolute atomic E-state index is 0. The van der Waals surface area contributed by atoms with Gasteiger partial charge in [-0.15, -0.1) is 0 Å². The van der Waals surface area contributed by atoms with Crippen LogP contribution >= 0.6 is 15.9 Å². The molecule has 0 bridgehead atoms. The Labute approximate surface area is 182 Å². The molecule has 0 aliphatic heterocycles. The highest BCUT2D eigenvalue weighted by molar-refractivity contribution is 9.10. The molecule has 3 rings (SSSR count). The van der Waals surface area contributed by atoms with Crippen LogP contribution in [0.3, 0.4) is 0 Å². The van der Waals surface area contributed by atoms with Crippen molar-refractivity contribution in [1.82, 2.24) is 0 Å². The Kier molecular flexibility index (Phi) is 9.18. The molecule has 1 aromatic heterocycles. The summed E-state index contributed by atoms with van der Waals surface area (Å²) in [6.45, 7) is 1.84. The average molecular weight is 508 g/mol. The van der Waals surface area contributed by atoms with Crippen LogP contribution in [-0.4, -0.2) is 17.2 Å². The van der Waals surface area contributed by atoms with Crippen LogP contribution in [0.5, 0.6) is 0 Å². The Bertz CT molecular complexity index is 932. The first kappa shape index (κ1) is 23.7. The van der Waals surface area contributed by atoms with Crippen LogP contribution in [0.15, 0.2) is 83.6 Å². The van der Waals surface area contributed by atoms with Crippen LogP contribution in [0.2, 0.25) is 0 Å². The number of amides is 1. The van der Waals surface area contributed by atoms with E-state index in [1.807, 2.05) is 49.5 Å².